The summed E-state index contributed by atoms with van der Waals surface area (Å²) in [6.45, 7) is -0.434. The zero-order valence-corrected chi connectivity index (χ0v) is 11.1. The van der Waals surface area contributed by atoms with Gasteiger partial charge in [-0.15, -0.1) is 0 Å². The van der Waals surface area contributed by atoms with E-state index in [1.54, 1.807) is 0 Å². The molecule has 2 rings (SSSR count). The van der Waals surface area contributed by atoms with E-state index < -0.39 is 37.3 Å². The normalized spacial score (nSPS) is 42.4. The highest BCUT2D eigenvalue weighted by atomic mass is 16.7. The van der Waals surface area contributed by atoms with Crippen molar-refractivity contribution < 1.29 is 35.0 Å². The number of rotatable bonds is 4. The summed E-state index contributed by atoms with van der Waals surface area (Å²) in [4.78, 5) is 0. The molecule has 0 spiro atoms. The summed E-state index contributed by atoms with van der Waals surface area (Å²) >= 11 is 0. The topological polar surface area (TPSA) is 120 Å². The second-order valence-corrected chi connectivity index (χ2v) is 5.25. The zero-order valence-electron chi connectivity index (χ0n) is 11.1. The maximum atomic E-state index is 9.85. The lowest BCUT2D eigenvalue weighted by molar-refractivity contribution is -0.311. The van der Waals surface area contributed by atoms with Crippen molar-refractivity contribution in [2.75, 3.05) is 13.2 Å². The number of hydrogen-bond acceptors (Lipinski definition) is 7. The van der Waals surface area contributed by atoms with Gasteiger partial charge in [0, 0.05) is 0 Å². The van der Waals surface area contributed by atoms with Crippen LogP contribution < -0.4 is 0 Å². The van der Waals surface area contributed by atoms with Crippen LogP contribution in [0.3, 0.4) is 0 Å². The summed E-state index contributed by atoms with van der Waals surface area (Å²) in [6, 6.07) is 0. The van der Waals surface area contributed by atoms with Crippen molar-refractivity contribution in [1.29, 1.82) is 0 Å². The summed E-state index contributed by atoms with van der Waals surface area (Å²) in [6.07, 6.45) is -2.52. The largest absolute Gasteiger partial charge is 0.394 e. The Hall–Kier alpha value is -0.540. The van der Waals surface area contributed by atoms with Gasteiger partial charge in [0.15, 0.2) is 6.29 Å². The lowest BCUT2D eigenvalue weighted by Crippen LogP contribution is -2.59. The molecule has 20 heavy (non-hydrogen) atoms. The monoisotopic (exact) mass is 290 g/mol. The predicted molar refractivity (Wildman–Crippen MR) is 67.7 cm³/mol. The van der Waals surface area contributed by atoms with Crippen LogP contribution in [0.25, 0.3) is 0 Å². The quantitative estimate of drug-likeness (QED) is 0.390. The van der Waals surface area contributed by atoms with E-state index in [9.17, 15) is 15.3 Å². The van der Waals surface area contributed by atoms with Crippen LogP contribution in [-0.2, 0) is 9.47 Å². The van der Waals surface area contributed by atoms with Gasteiger partial charge in [-0.05, 0) is 24.8 Å². The third kappa shape index (κ3) is 3.37. The van der Waals surface area contributed by atoms with Crippen molar-refractivity contribution in [1.82, 2.24) is 0 Å². The molecule has 5 N–H and O–H groups in total. The van der Waals surface area contributed by atoms with E-state index in [2.05, 4.69) is 0 Å². The van der Waals surface area contributed by atoms with Gasteiger partial charge in [0.05, 0.1) is 19.3 Å². The SMILES string of the molecule is OCC1=CC[C@H](O[C@@H]2O[C@H](CO)[C@@H](O)[C@H](O)[C@H]2O)CC1. The molecular formula is C13H22O7. The maximum Gasteiger partial charge on any atom is 0.186 e. The smallest absolute Gasteiger partial charge is 0.186 e. The summed E-state index contributed by atoms with van der Waals surface area (Å²) < 4.78 is 10.9. The Kier molecular flexibility index (Phi) is 5.50. The Labute approximate surface area is 117 Å². The number of ether oxygens (including phenoxy) is 2. The molecule has 0 saturated carbocycles. The fraction of sp³-hybridized carbons (Fsp3) is 0.846. The van der Waals surface area contributed by atoms with Gasteiger partial charge in [-0.3, -0.25) is 0 Å². The highest BCUT2D eigenvalue weighted by molar-refractivity contribution is 5.07. The molecule has 1 fully saturated rings. The molecule has 0 aromatic heterocycles. The van der Waals surface area contributed by atoms with Crippen LogP contribution >= 0.6 is 0 Å². The third-order valence-electron chi connectivity index (χ3n) is 3.83. The van der Waals surface area contributed by atoms with Crippen molar-refractivity contribution in [3.05, 3.63) is 11.6 Å². The van der Waals surface area contributed by atoms with Gasteiger partial charge in [0.2, 0.25) is 0 Å². The van der Waals surface area contributed by atoms with Crippen molar-refractivity contribution in [3.8, 4) is 0 Å². The van der Waals surface area contributed by atoms with Crippen LogP contribution in [0.1, 0.15) is 19.3 Å². The van der Waals surface area contributed by atoms with Crippen molar-refractivity contribution >= 4 is 0 Å². The Morgan fingerprint density at radius 3 is 2.45 bits per heavy atom. The van der Waals surface area contributed by atoms with Gasteiger partial charge in [-0.25, -0.2) is 0 Å². The standard InChI is InChI=1S/C13H22O7/c14-5-7-1-3-8(4-2-7)19-13-12(18)11(17)10(16)9(6-15)20-13/h1,8-18H,2-6H2/t8-,9+,10+,11-,12+,13+/m0/s1. The van der Waals surface area contributed by atoms with E-state index in [0.717, 1.165) is 5.57 Å². The fourth-order valence-corrected chi connectivity index (χ4v) is 2.50. The lowest BCUT2D eigenvalue weighted by atomic mass is 9.96. The van der Waals surface area contributed by atoms with Gasteiger partial charge < -0.3 is 35.0 Å². The number of aliphatic hydroxyl groups is 5. The molecule has 116 valence electrons. The second-order valence-electron chi connectivity index (χ2n) is 5.25. The van der Waals surface area contributed by atoms with Gasteiger partial charge >= 0.3 is 0 Å². The van der Waals surface area contributed by atoms with Crippen LogP contribution in [0.2, 0.25) is 0 Å². The molecule has 0 aromatic carbocycles. The van der Waals surface area contributed by atoms with Crippen LogP contribution in [0.5, 0.6) is 0 Å². The number of hydrogen-bond donors (Lipinski definition) is 5. The van der Waals surface area contributed by atoms with E-state index in [0.29, 0.717) is 19.3 Å². The first-order valence-corrected chi connectivity index (χ1v) is 6.81. The van der Waals surface area contributed by atoms with Gasteiger partial charge in [-0.2, -0.15) is 0 Å². The zero-order chi connectivity index (χ0) is 14.7. The molecule has 7 nitrogen and oxygen atoms in total. The summed E-state index contributed by atoms with van der Waals surface area (Å²) in [7, 11) is 0. The molecule has 7 heteroatoms. The molecule has 2 aliphatic rings. The molecule has 1 saturated heterocycles. The van der Waals surface area contributed by atoms with E-state index in [1.807, 2.05) is 6.08 Å². The molecule has 0 amide bonds. The first kappa shape index (κ1) is 15.8. The molecule has 0 aromatic rings. The van der Waals surface area contributed by atoms with E-state index >= 15 is 0 Å². The maximum absolute atomic E-state index is 9.85. The molecule has 0 radical (unpaired) electrons. The molecule has 6 atom stereocenters. The number of aliphatic hydroxyl groups excluding tert-OH is 5. The van der Waals surface area contributed by atoms with Crippen LogP contribution in [0, 0.1) is 0 Å². The molecule has 1 aliphatic carbocycles. The Balaban J connectivity index is 1.93. The Morgan fingerprint density at radius 1 is 1.15 bits per heavy atom. The minimum absolute atomic E-state index is 0.0345. The van der Waals surface area contributed by atoms with Crippen molar-refractivity contribution in [2.24, 2.45) is 0 Å². The summed E-state index contributed by atoms with van der Waals surface area (Å²) in [5.41, 5.74) is 0.957. The van der Waals surface area contributed by atoms with Gasteiger partial charge in [-0.1, -0.05) is 6.08 Å². The molecule has 0 unspecified atom stereocenters. The highest BCUT2D eigenvalue weighted by Crippen LogP contribution is 2.27. The highest BCUT2D eigenvalue weighted by Gasteiger charge is 2.44. The lowest BCUT2D eigenvalue weighted by Gasteiger charge is -2.41. The van der Waals surface area contributed by atoms with Crippen LogP contribution in [0.15, 0.2) is 11.6 Å². The summed E-state index contributed by atoms with van der Waals surface area (Å²) in [5.74, 6) is 0. The first-order chi connectivity index (χ1) is 9.56. The minimum atomic E-state index is -1.42. The Bertz CT molecular complexity index is 344. The summed E-state index contributed by atoms with van der Waals surface area (Å²) in [5, 5.41) is 47.3. The Morgan fingerprint density at radius 2 is 1.90 bits per heavy atom. The minimum Gasteiger partial charge on any atom is -0.394 e. The average Bonchev–Trinajstić information content (AvgIpc) is 2.48. The van der Waals surface area contributed by atoms with Crippen LogP contribution in [0.4, 0.5) is 0 Å². The van der Waals surface area contributed by atoms with E-state index in [1.165, 1.54) is 0 Å². The van der Waals surface area contributed by atoms with Gasteiger partial charge in [0.25, 0.3) is 0 Å². The predicted octanol–water partition coefficient (Wildman–Crippen LogP) is -1.73. The molecule has 1 heterocycles. The molecular weight excluding hydrogens is 268 g/mol. The van der Waals surface area contributed by atoms with Crippen molar-refractivity contribution in [3.63, 3.8) is 0 Å². The average molecular weight is 290 g/mol. The molecule has 1 aliphatic heterocycles. The second kappa shape index (κ2) is 6.95. The molecule has 0 bridgehead atoms. The van der Waals surface area contributed by atoms with Gasteiger partial charge in [0.1, 0.15) is 24.4 Å². The van der Waals surface area contributed by atoms with Crippen LogP contribution in [-0.4, -0.2) is 75.6 Å². The third-order valence-corrected chi connectivity index (χ3v) is 3.83. The van der Waals surface area contributed by atoms with Crippen molar-refractivity contribution in [2.45, 2.75) is 56.1 Å². The van der Waals surface area contributed by atoms with E-state index in [4.69, 9.17) is 19.7 Å². The van der Waals surface area contributed by atoms with E-state index in [-0.39, 0.29) is 12.7 Å². The fourth-order valence-electron chi connectivity index (χ4n) is 2.50. The first-order valence-electron chi connectivity index (χ1n) is 6.81.